The predicted octanol–water partition coefficient (Wildman–Crippen LogP) is 3.32. The van der Waals surface area contributed by atoms with Crippen molar-refractivity contribution in [1.29, 1.82) is 0 Å². The molecule has 2 atom stereocenters. The lowest BCUT2D eigenvalue weighted by atomic mass is 9.54. The number of alkyl halides is 2. The molecule has 2 aromatic rings. The van der Waals surface area contributed by atoms with Crippen LogP contribution in [0.3, 0.4) is 0 Å². The molecule has 4 aliphatic rings. The molecule has 114 valence electrons. The fraction of sp³-hybridized carbons (Fsp3) is 0.222. The van der Waals surface area contributed by atoms with Crippen LogP contribution >= 0.6 is 23.2 Å². The summed E-state index contributed by atoms with van der Waals surface area (Å²) >= 11 is 13.6. The molecule has 0 spiro atoms. The van der Waals surface area contributed by atoms with Crippen LogP contribution in [0.5, 0.6) is 0 Å². The molecule has 0 saturated carbocycles. The molecule has 1 fully saturated rings. The van der Waals surface area contributed by atoms with Crippen LogP contribution in [0.25, 0.3) is 0 Å². The summed E-state index contributed by atoms with van der Waals surface area (Å²) in [5, 5.41) is 0. The smallest absolute Gasteiger partial charge is 0.338 e. The zero-order chi connectivity index (χ0) is 16.0. The number of rotatable bonds is 0. The highest BCUT2D eigenvalue weighted by Crippen LogP contribution is 2.69. The van der Waals surface area contributed by atoms with Gasteiger partial charge in [0.15, 0.2) is 9.75 Å². The molecule has 1 heterocycles. The molecule has 3 nitrogen and oxygen atoms in total. The highest BCUT2D eigenvalue weighted by molar-refractivity contribution is 6.52. The Morgan fingerprint density at radius 2 is 1.00 bits per heavy atom. The van der Waals surface area contributed by atoms with E-state index in [2.05, 4.69) is 0 Å². The number of ether oxygens (including phenoxy) is 1. The second-order valence-electron chi connectivity index (χ2n) is 6.22. The number of carbonyl (C=O) groups is 2. The third kappa shape index (κ3) is 1.24. The predicted molar refractivity (Wildman–Crippen MR) is 84.8 cm³/mol. The number of hydrogen-bond donors (Lipinski definition) is 0. The maximum Gasteiger partial charge on any atom is 0.338 e. The summed E-state index contributed by atoms with van der Waals surface area (Å²) in [5.74, 6) is -2.51. The highest BCUT2D eigenvalue weighted by atomic mass is 35.5. The number of halogens is 2. The number of esters is 2. The van der Waals surface area contributed by atoms with Gasteiger partial charge in [0.1, 0.15) is 0 Å². The summed E-state index contributed by atoms with van der Waals surface area (Å²) in [7, 11) is 0. The molecule has 0 aromatic heterocycles. The second-order valence-corrected chi connectivity index (χ2v) is 7.42. The summed E-state index contributed by atoms with van der Waals surface area (Å²) in [5.41, 5.74) is 3.76. The Morgan fingerprint density at radius 1 is 0.696 bits per heavy atom. The van der Waals surface area contributed by atoms with Crippen LogP contribution < -0.4 is 0 Å². The van der Waals surface area contributed by atoms with Crippen LogP contribution in [0.1, 0.15) is 34.1 Å². The van der Waals surface area contributed by atoms with E-state index in [0.29, 0.717) is 0 Å². The van der Waals surface area contributed by atoms with Crippen LogP contribution in [0, 0.1) is 0 Å². The van der Waals surface area contributed by atoms with E-state index in [1.165, 1.54) is 0 Å². The lowest BCUT2D eigenvalue weighted by molar-refractivity contribution is -0.153. The molecule has 0 radical (unpaired) electrons. The maximum absolute atomic E-state index is 12.5. The van der Waals surface area contributed by atoms with E-state index in [9.17, 15) is 9.59 Å². The fourth-order valence-electron chi connectivity index (χ4n) is 4.45. The first-order valence-electron chi connectivity index (χ1n) is 7.33. The van der Waals surface area contributed by atoms with Crippen LogP contribution in [-0.4, -0.2) is 21.7 Å². The average Bonchev–Trinajstić information content (AvgIpc) is 2.75. The van der Waals surface area contributed by atoms with Gasteiger partial charge in [0.25, 0.3) is 0 Å². The fourth-order valence-corrected chi connectivity index (χ4v) is 5.37. The third-order valence-electron chi connectivity index (χ3n) is 5.34. The molecule has 3 aliphatic carbocycles. The van der Waals surface area contributed by atoms with E-state index in [1.54, 1.807) is 0 Å². The van der Waals surface area contributed by atoms with Crippen molar-refractivity contribution in [2.45, 2.75) is 21.6 Å². The monoisotopic (exact) mass is 344 g/mol. The van der Waals surface area contributed by atoms with Crippen molar-refractivity contribution < 1.29 is 14.3 Å². The Bertz CT molecular complexity index is 789. The summed E-state index contributed by atoms with van der Waals surface area (Å²) in [6, 6.07) is 15.4. The number of hydrogen-bond acceptors (Lipinski definition) is 3. The van der Waals surface area contributed by atoms with Gasteiger partial charge >= 0.3 is 11.9 Å². The van der Waals surface area contributed by atoms with Gasteiger partial charge < -0.3 is 4.74 Å². The Morgan fingerprint density at radius 3 is 1.30 bits per heavy atom. The largest absolute Gasteiger partial charge is 0.390 e. The van der Waals surface area contributed by atoms with Gasteiger partial charge in [0.05, 0.1) is 0 Å². The zero-order valence-electron chi connectivity index (χ0n) is 11.8. The normalized spacial score (nSPS) is 36.3. The quantitative estimate of drug-likeness (QED) is 0.418. The number of carbonyl (C=O) groups excluding carboxylic acids is 2. The Labute approximate surface area is 142 Å². The first-order chi connectivity index (χ1) is 11.0. The average molecular weight is 345 g/mol. The van der Waals surface area contributed by atoms with E-state index in [4.69, 9.17) is 27.9 Å². The first kappa shape index (κ1) is 13.6. The van der Waals surface area contributed by atoms with Crippen molar-refractivity contribution >= 4 is 35.1 Å². The standard InChI is InChI=1S/C18H10Cl2O3/c19-17-13-9-5-1-2-6-10(9)14(12-8-4-3-7-11(12)13)18(17,20)16(22)23-15(17)21/h1-8,13-14H. The third-order valence-corrected chi connectivity index (χ3v) is 6.78. The van der Waals surface area contributed by atoms with Crippen molar-refractivity contribution in [2.24, 2.45) is 0 Å². The lowest BCUT2D eigenvalue weighted by Crippen LogP contribution is -2.62. The second kappa shape index (κ2) is 3.97. The van der Waals surface area contributed by atoms with Crippen LogP contribution in [-0.2, 0) is 14.3 Å². The SMILES string of the molecule is O=C1OC(=O)C2(Cl)C3c4ccccc4C(c4ccccc43)C12Cl. The van der Waals surface area contributed by atoms with Crippen molar-refractivity contribution in [1.82, 2.24) is 0 Å². The van der Waals surface area contributed by atoms with Crippen LogP contribution in [0.15, 0.2) is 48.5 Å². The van der Waals surface area contributed by atoms with Crippen LogP contribution in [0.2, 0.25) is 0 Å². The van der Waals surface area contributed by atoms with Gasteiger partial charge in [-0.05, 0) is 22.3 Å². The minimum absolute atomic E-state index is 0.502. The molecule has 23 heavy (non-hydrogen) atoms. The Hall–Kier alpha value is -1.84. The van der Waals surface area contributed by atoms with Gasteiger partial charge in [-0.2, -0.15) is 0 Å². The zero-order valence-corrected chi connectivity index (χ0v) is 13.3. The molecule has 2 aromatic carbocycles. The minimum Gasteiger partial charge on any atom is -0.390 e. The van der Waals surface area contributed by atoms with Crippen molar-refractivity contribution in [3.05, 3.63) is 70.8 Å². The Kier molecular flexibility index (Phi) is 2.35. The van der Waals surface area contributed by atoms with E-state index in [1.807, 2.05) is 48.5 Å². The van der Waals surface area contributed by atoms with Crippen molar-refractivity contribution in [3.8, 4) is 0 Å². The molecule has 6 rings (SSSR count). The molecule has 5 heteroatoms. The molecule has 2 unspecified atom stereocenters. The molecule has 0 amide bonds. The lowest BCUT2D eigenvalue weighted by Gasteiger charge is -2.52. The Balaban J connectivity index is 1.97. The number of cyclic esters (lactones) is 2. The molecular formula is C18H10Cl2O3. The molecule has 1 aliphatic heterocycles. The topological polar surface area (TPSA) is 43.4 Å². The first-order valence-corrected chi connectivity index (χ1v) is 8.09. The van der Waals surface area contributed by atoms with E-state index in [0.717, 1.165) is 22.3 Å². The van der Waals surface area contributed by atoms with Crippen LogP contribution in [0.4, 0.5) is 0 Å². The van der Waals surface area contributed by atoms with Gasteiger partial charge in [-0.3, -0.25) is 0 Å². The van der Waals surface area contributed by atoms with Gasteiger partial charge in [-0.1, -0.05) is 48.5 Å². The summed E-state index contributed by atoms with van der Waals surface area (Å²) in [6.45, 7) is 0. The van der Waals surface area contributed by atoms with Gasteiger partial charge in [-0.15, -0.1) is 23.2 Å². The molecule has 2 bridgehead atoms. The highest BCUT2D eigenvalue weighted by Gasteiger charge is 2.79. The van der Waals surface area contributed by atoms with E-state index >= 15 is 0 Å². The van der Waals surface area contributed by atoms with Crippen molar-refractivity contribution in [2.75, 3.05) is 0 Å². The molecule has 1 saturated heterocycles. The number of benzene rings is 2. The summed E-state index contributed by atoms with van der Waals surface area (Å²) < 4.78 is 4.92. The maximum atomic E-state index is 12.5. The van der Waals surface area contributed by atoms with Gasteiger partial charge in [0, 0.05) is 11.8 Å². The summed E-state index contributed by atoms with van der Waals surface area (Å²) in [6.07, 6.45) is 0. The van der Waals surface area contributed by atoms with E-state index < -0.39 is 33.5 Å². The van der Waals surface area contributed by atoms with Gasteiger partial charge in [0.2, 0.25) is 0 Å². The molecular weight excluding hydrogens is 335 g/mol. The minimum atomic E-state index is -1.61. The van der Waals surface area contributed by atoms with E-state index in [-0.39, 0.29) is 0 Å². The van der Waals surface area contributed by atoms with Gasteiger partial charge in [-0.25, -0.2) is 9.59 Å². The summed E-state index contributed by atoms with van der Waals surface area (Å²) in [4.78, 5) is 21.8. The molecule has 0 N–H and O–H groups in total. The van der Waals surface area contributed by atoms with Crippen molar-refractivity contribution in [3.63, 3.8) is 0 Å².